The maximum atomic E-state index is 12.5. The number of hydrogen-bond acceptors (Lipinski definition) is 7. The van der Waals surface area contributed by atoms with Gasteiger partial charge in [-0.05, 0) is 24.3 Å². The third-order valence-electron chi connectivity index (χ3n) is 4.28. The Kier molecular flexibility index (Phi) is 7.09. The molecule has 0 aliphatic carbocycles. The molecule has 0 aliphatic heterocycles. The highest BCUT2D eigenvalue weighted by molar-refractivity contribution is 5.91. The van der Waals surface area contributed by atoms with Gasteiger partial charge in [0.2, 0.25) is 0 Å². The maximum absolute atomic E-state index is 12.5. The van der Waals surface area contributed by atoms with Crippen molar-refractivity contribution in [3.8, 4) is 17.2 Å². The van der Waals surface area contributed by atoms with Gasteiger partial charge in [0.15, 0.2) is 12.4 Å². The van der Waals surface area contributed by atoms with E-state index < -0.39 is 0 Å². The number of carbonyl (C=O) groups excluding carboxylic acids is 1. The number of nitrogens with one attached hydrogen (secondary N) is 1. The van der Waals surface area contributed by atoms with Crippen LogP contribution >= 0.6 is 0 Å². The van der Waals surface area contributed by atoms with Crippen LogP contribution in [0.4, 0.5) is 10.5 Å². The van der Waals surface area contributed by atoms with Crippen LogP contribution in [0, 0.1) is 0 Å². The monoisotopic (exact) mass is 412 g/mol. The summed E-state index contributed by atoms with van der Waals surface area (Å²) >= 11 is 0. The number of hydrogen-bond donors (Lipinski definition) is 1. The molecule has 0 atom stereocenters. The second-order valence-corrected chi connectivity index (χ2v) is 6.37. The van der Waals surface area contributed by atoms with Crippen molar-refractivity contribution in [1.82, 2.24) is 15.0 Å². The molecule has 0 radical (unpaired) electrons. The van der Waals surface area contributed by atoms with E-state index in [1.807, 2.05) is 30.3 Å². The molecule has 2 aromatic carbocycles. The van der Waals surface area contributed by atoms with Crippen molar-refractivity contribution in [2.45, 2.75) is 13.0 Å². The topological polar surface area (TPSA) is 99.0 Å². The van der Waals surface area contributed by atoms with E-state index in [2.05, 4.69) is 15.5 Å². The molecule has 1 aromatic heterocycles. The quantitative estimate of drug-likeness (QED) is 0.575. The van der Waals surface area contributed by atoms with Crippen LogP contribution < -0.4 is 19.5 Å². The molecule has 158 valence electrons. The Labute approximate surface area is 174 Å². The standard InChI is InChI=1S/C21H24N4O5/c1-25(21(26)22-17-10-9-16(27-2)13-18(17)28-3)12-11-19-23-20(30-24-19)14-29-15-7-5-4-6-8-15/h4-10,13H,11-12,14H2,1-3H3,(H,22,26). The van der Waals surface area contributed by atoms with E-state index in [0.29, 0.717) is 41.9 Å². The molecule has 0 spiro atoms. The summed E-state index contributed by atoms with van der Waals surface area (Å²) in [5, 5.41) is 6.75. The van der Waals surface area contributed by atoms with Crippen LogP contribution in [0.15, 0.2) is 53.1 Å². The molecule has 0 saturated carbocycles. The van der Waals surface area contributed by atoms with E-state index in [1.54, 1.807) is 32.4 Å². The number of methoxy groups -OCH3 is 2. The van der Waals surface area contributed by atoms with Gasteiger partial charge < -0.3 is 29.0 Å². The van der Waals surface area contributed by atoms with Crippen molar-refractivity contribution >= 4 is 11.7 Å². The van der Waals surface area contributed by atoms with E-state index in [0.717, 1.165) is 5.75 Å². The van der Waals surface area contributed by atoms with Crippen molar-refractivity contribution in [1.29, 1.82) is 0 Å². The molecule has 9 heteroatoms. The van der Waals surface area contributed by atoms with Crippen LogP contribution in [0.5, 0.6) is 17.2 Å². The summed E-state index contributed by atoms with van der Waals surface area (Å²) in [4.78, 5) is 18.3. The molecule has 0 unspecified atom stereocenters. The summed E-state index contributed by atoms with van der Waals surface area (Å²) in [5.74, 6) is 2.76. The lowest BCUT2D eigenvalue weighted by Gasteiger charge is -2.18. The molecule has 2 amide bonds. The van der Waals surface area contributed by atoms with Crippen LogP contribution in [0.3, 0.4) is 0 Å². The van der Waals surface area contributed by atoms with E-state index >= 15 is 0 Å². The largest absolute Gasteiger partial charge is 0.497 e. The van der Waals surface area contributed by atoms with E-state index in [4.69, 9.17) is 18.7 Å². The molecule has 3 aromatic rings. The minimum absolute atomic E-state index is 0.185. The fourth-order valence-electron chi connectivity index (χ4n) is 2.59. The van der Waals surface area contributed by atoms with Gasteiger partial charge in [-0.15, -0.1) is 0 Å². The first-order valence-corrected chi connectivity index (χ1v) is 9.32. The van der Waals surface area contributed by atoms with Crippen molar-refractivity contribution in [3.05, 3.63) is 60.2 Å². The number of carbonyl (C=O) groups is 1. The van der Waals surface area contributed by atoms with Gasteiger partial charge in [-0.2, -0.15) is 4.98 Å². The molecule has 1 N–H and O–H groups in total. The molecule has 0 bridgehead atoms. The summed E-state index contributed by atoms with van der Waals surface area (Å²) in [7, 11) is 4.78. The van der Waals surface area contributed by atoms with Crippen LogP contribution in [0.2, 0.25) is 0 Å². The normalized spacial score (nSPS) is 10.4. The predicted octanol–water partition coefficient (Wildman–Crippen LogP) is 3.37. The summed E-state index contributed by atoms with van der Waals surface area (Å²) < 4.78 is 21.2. The third kappa shape index (κ3) is 5.63. The Hall–Kier alpha value is -3.75. The summed E-state index contributed by atoms with van der Waals surface area (Å²) in [5.41, 5.74) is 0.551. The smallest absolute Gasteiger partial charge is 0.321 e. The zero-order chi connectivity index (χ0) is 21.3. The third-order valence-corrected chi connectivity index (χ3v) is 4.28. The van der Waals surface area contributed by atoms with Crippen LogP contribution in [0.25, 0.3) is 0 Å². The number of aromatic nitrogens is 2. The maximum Gasteiger partial charge on any atom is 0.321 e. The molecule has 1 heterocycles. The highest BCUT2D eigenvalue weighted by Crippen LogP contribution is 2.29. The Morgan fingerprint density at radius 1 is 1.10 bits per heavy atom. The first kappa shape index (κ1) is 21.0. The van der Waals surface area contributed by atoms with Gasteiger partial charge in [0.05, 0.1) is 19.9 Å². The van der Waals surface area contributed by atoms with Crippen molar-refractivity contribution in [2.75, 3.05) is 33.1 Å². The number of ether oxygens (including phenoxy) is 3. The fourth-order valence-corrected chi connectivity index (χ4v) is 2.59. The second-order valence-electron chi connectivity index (χ2n) is 6.37. The predicted molar refractivity (Wildman–Crippen MR) is 110 cm³/mol. The Balaban J connectivity index is 1.49. The number of likely N-dealkylation sites (N-methyl/N-ethyl adjacent to an activating group) is 1. The average Bonchev–Trinajstić information content (AvgIpc) is 3.24. The van der Waals surface area contributed by atoms with E-state index in [-0.39, 0.29) is 12.6 Å². The van der Waals surface area contributed by atoms with Gasteiger partial charge in [0.1, 0.15) is 17.2 Å². The second kappa shape index (κ2) is 10.1. The number of para-hydroxylation sites is 1. The lowest BCUT2D eigenvalue weighted by atomic mass is 10.2. The molecular weight excluding hydrogens is 388 g/mol. The summed E-state index contributed by atoms with van der Waals surface area (Å²) in [6.45, 7) is 0.591. The van der Waals surface area contributed by atoms with Gasteiger partial charge in [0.25, 0.3) is 5.89 Å². The molecule has 9 nitrogen and oxygen atoms in total. The van der Waals surface area contributed by atoms with Crippen molar-refractivity contribution in [3.63, 3.8) is 0 Å². The van der Waals surface area contributed by atoms with E-state index in [1.165, 1.54) is 12.0 Å². The van der Waals surface area contributed by atoms with Gasteiger partial charge >= 0.3 is 6.03 Å². The number of urea groups is 1. The summed E-state index contributed by atoms with van der Waals surface area (Å²) in [6.07, 6.45) is 0.443. The number of nitrogens with zero attached hydrogens (tertiary/aromatic N) is 3. The first-order valence-electron chi connectivity index (χ1n) is 9.32. The highest BCUT2D eigenvalue weighted by atomic mass is 16.5. The van der Waals surface area contributed by atoms with Gasteiger partial charge in [-0.3, -0.25) is 0 Å². The molecule has 3 rings (SSSR count). The zero-order valence-electron chi connectivity index (χ0n) is 17.1. The molecular formula is C21H24N4O5. The lowest BCUT2D eigenvalue weighted by molar-refractivity contribution is 0.222. The molecule has 30 heavy (non-hydrogen) atoms. The minimum atomic E-state index is -0.283. The Morgan fingerprint density at radius 2 is 1.90 bits per heavy atom. The number of amides is 2. The van der Waals surface area contributed by atoms with Gasteiger partial charge in [0, 0.05) is 26.1 Å². The summed E-state index contributed by atoms with van der Waals surface area (Å²) in [6, 6.07) is 14.3. The number of rotatable bonds is 9. The first-order chi connectivity index (χ1) is 14.6. The molecule has 0 aliphatic rings. The van der Waals surface area contributed by atoms with Crippen LogP contribution in [0.1, 0.15) is 11.7 Å². The molecule has 0 fully saturated rings. The van der Waals surface area contributed by atoms with Crippen molar-refractivity contribution in [2.24, 2.45) is 0 Å². The van der Waals surface area contributed by atoms with Gasteiger partial charge in [-0.25, -0.2) is 4.79 Å². The minimum Gasteiger partial charge on any atom is -0.497 e. The van der Waals surface area contributed by atoms with Crippen LogP contribution in [-0.2, 0) is 13.0 Å². The van der Waals surface area contributed by atoms with Gasteiger partial charge in [-0.1, -0.05) is 23.4 Å². The Bertz CT molecular complexity index is 961. The Morgan fingerprint density at radius 3 is 2.63 bits per heavy atom. The highest BCUT2D eigenvalue weighted by Gasteiger charge is 2.14. The van der Waals surface area contributed by atoms with Crippen LogP contribution in [-0.4, -0.2) is 48.9 Å². The lowest BCUT2D eigenvalue weighted by Crippen LogP contribution is -2.33. The average molecular weight is 412 g/mol. The molecule has 0 saturated heterocycles. The SMILES string of the molecule is COc1ccc(NC(=O)N(C)CCc2noc(COc3ccccc3)n2)c(OC)c1. The number of anilines is 1. The van der Waals surface area contributed by atoms with E-state index in [9.17, 15) is 4.79 Å². The zero-order valence-corrected chi connectivity index (χ0v) is 17.1. The van der Waals surface area contributed by atoms with Crippen molar-refractivity contribution < 1.29 is 23.5 Å². The number of benzene rings is 2. The fraction of sp³-hybridized carbons (Fsp3) is 0.286.